The summed E-state index contributed by atoms with van der Waals surface area (Å²) in [5.41, 5.74) is 6.15. The number of hydrogen-bond acceptors (Lipinski definition) is 6. The van der Waals surface area contributed by atoms with Gasteiger partial charge in [0, 0.05) is 25.1 Å². The van der Waals surface area contributed by atoms with Crippen molar-refractivity contribution in [3.63, 3.8) is 0 Å². The molecule has 2 aromatic rings. The molecule has 8 heteroatoms. The number of primary amides is 1. The number of anilines is 1. The standard InChI is InChI=1S/C17H18N4O4/c18-16(22)14-8-13(21(23)24)10-20-17(14)19-9-12-6-7-25-15(12)11-4-2-1-3-5-11/h1-5,8,10,12,15H,6-7,9H2,(H2,18,22)(H,19,20). The van der Waals surface area contributed by atoms with Crippen molar-refractivity contribution in [3.05, 3.63) is 63.8 Å². The fourth-order valence-electron chi connectivity index (χ4n) is 2.96. The zero-order valence-electron chi connectivity index (χ0n) is 13.4. The molecule has 0 bridgehead atoms. The molecule has 1 amide bonds. The predicted molar refractivity (Wildman–Crippen MR) is 91.1 cm³/mol. The Morgan fingerprint density at radius 3 is 2.84 bits per heavy atom. The summed E-state index contributed by atoms with van der Waals surface area (Å²) in [6, 6.07) is 11.0. The number of nitro groups is 1. The lowest BCUT2D eigenvalue weighted by molar-refractivity contribution is -0.385. The molecule has 8 nitrogen and oxygen atoms in total. The van der Waals surface area contributed by atoms with E-state index in [-0.39, 0.29) is 29.1 Å². The van der Waals surface area contributed by atoms with Crippen LogP contribution in [0.15, 0.2) is 42.6 Å². The van der Waals surface area contributed by atoms with E-state index in [1.54, 1.807) is 0 Å². The molecule has 1 aromatic carbocycles. The van der Waals surface area contributed by atoms with E-state index >= 15 is 0 Å². The Kier molecular flexibility index (Phi) is 4.90. The Bertz CT molecular complexity index is 781. The van der Waals surface area contributed by atoms with Crippen LogP contribution in [-0.2, 0) is 4.74 Å². The average Bonchev–Trinajstić information content (AvgIpc) is 3.09. The van der Waals surface area contributed by atoms with Gasteiger partial charge < -0.3 is 15.8 Å². The fraction of sp³-hybridized carbons (Fsp3) is 0.294. The summed E-state index contributed by atoms with van der Waals surface area (Å²) in [7, 11) is 0. The van der Waals surface area contributed by atoms with Gasteiger partial charge in [0.2, 0.25) is 0 Å². The first kappa shape index (κ1) is 16.8. The van der Waals surface area contributed by atoms with Crippen LogP contribution < -0.4 is 11.1 Å². The van der Waals surface area contributed by atoms with Gasteiger partial charge in [-0.05, 0) is 12.0 Å². The van der Waals surface area contributed by atoms with E-state index in [0.717, 1.165) is 24.2 Å². The van der Waals surface area contributed by atoms with Crippen LogP contribution in [0.25, 0.3) is 0 Å². The second kappa shape index (κ2) is 7.27. The van der Waals surface area contributed by atoms with Gasteiger partial charge in [0.15, 0.2) is 0 Å². The molecule has 1 saturated heterocycles. The summed E-state index contributed by atoms with van der Waals surface area (Å²) in [5.74, 6) is -0.321. The monoisotopic (exact) mass is 342 g/mol. The highest BCUT2D eigenvalue weighted by Crippen LogP contribution is 2.34. The number of nitrogens with zero attached hydrogens (tertiary/aromatic N) is 2. The van der Waals surface area contributed by atoms with Crippen molar-refractivity contribution in [2.45, 2.75) is 12.5 Å². The Balaban J connectivity index is 1.75. The third-order valence-electron chi connectivity index (χ3n) is 4.22. The summed E-state index contributed by atoms with van der Waals surface area (Å²) >= 11 is 0. The van der Waals surface area contributed by atoms with E-state index in [0.29, 0.717) is 13.2 Å². The second-order valence-corrected chi connectivity index (χ2v) is 5.84. The summed E-state index contributed by atoms with van der Waals surface area (Å²) in [6.45, 7) is 1.17. The molecule has 1 aliphatic heterocycles. The topological polar surface area (TPSA) is 120 Å². The van der Waals surface area contributed by atoms with Crippen molar-refractivity contribution in [2.75, 3.05) is 18.5 Å². The van der Waals surface area contributed by atoms with Gasteiger partial charge in [-0.2, -0.15) is 0 Å². The van der Waals surface area contributed by atoms with E-state index in [1.165, 1.54) is 0 Å². The number of ether oxygens (including phenoxy) is 1. The molecule has 0 saturated carbocycles. The Morgan fingerprint density at radius 2 is 2.16 bits per heavy atom. The largest absolute Gasteiger partial charge is 0.373 e. The third-order valence-corrected chi connectivity index (χ3v) is 4.22. The molecule has 2 atom stereocenters. The van der Waals surface area contributed by atoms with Crippen LogP contribution >= 0.6 is 0 Å². The number of amides is 1. The van der Waals surface area contributed by atoms with Gasteiger partial charge in [-0.25, -0.2) is 4.98 Å². The molecule has 25 heavy (non-hydrogen) atoms. The van der Waals surface area contributed by atoms with Gasteiger partial charge in [-0.15, -0.1) is 0 Å². The third kappa shape index (κ3) is 3.74. The maximum Gasteiger partial charge on any atom is 0.288 e. The minimum absolute atomic E-state index is 0.00405. The molecule has 0 radical (unpaired) electrons. The molecule has 2 heterocycles. The summed E-state index contributed by atoms with van der Waals surface area (Å²) < 4.78 is 5.83. The maximum atomic E-state index is 11.6. The number of carbonyl (C=O) groups is 1. The van der Waals surface area contributed by atoms with Crippen molar-refractivity contribution >= 4 is 17.4 Å². The molecule has 1 aliphatic rings. The number of hydrogen-bond donors (Lipinski definition) is 2. The highest BCUT2D eigenvalue weighted by molar-refractivity contribution is 5.98. The second-order valence-electron chi connectivity index (χ2n) is 5.84. The quantitative estimate of drug-likeness (QED) is 0.614. The van der Waals surface area contributed by atoms with Crippen molar-refractivity contribution in [2.24, 2.45) is 11.7 Å². The number of carbonyl (C=O) groups excluding carboxylic acids is 1. The van der Waals surface area contributed by atoms with E-state index in [1.807, 2.05) is 30.3 Å². The smallest absolute Gasteiger partial charge is 0.288 e. The van der Waals surface area contributed by atoms with E-state index in [4.69, 9.17) is 10.5 Å². The Morgan fingerprint density at radius 1 is 1.40 bits per heavy atom. The number of benzene rings is 1. The SMILES string of the molecule is NC(=O)c1cc([N+](=O)[O-])cnc1NCC1CCOC1c1ccccc1. The van der Waals surface area contributed by atoms with E-state index < -0.39 is 10.8 Å². The number of aromatic nitrogens is 1. The van der Waals surface area contributed by atoms with E-state index in [2.05, 4.69) is 10.3 Å². The Labute approximate surface area is 144 Å². The molecular formula is C17H18N4O4. The van der Waals surface area contributed by atoms with Gasteiger partial charge in [0.25, 0.3) is 11.6 Å². The minimum Gasteiger partial charge on any atom is -0.373 e. The van der Waals surface area contributed by atoms with Crippen LogP contribution in [-0.4, -0.2) is 29.0 Å². The molecule has 1 fully saturated rings. The first-order chi connectivity index (χ1) is 12.1. The normalized spacial score (nSPS) is 19.5. The molecule has 0 aliphatic carbocycles. The summed E-state index contributed by atoms with van der Waals surface area (Å²) in [4.78, 5) is 25.8. The van der Waals surface area contributed by atoms with Crippen LogP contribution in [0.2, 0.25) is 0 Å². The number of nitrogens with two attached hydrogens (primary N) is 1. The lowest BCUT2D eigenvalue weighted by atomic mass is 9.95. The summed E-state index contributed by atoms with van der Waals surface area (Å²) in [5, 5.41) is 13.9. The zero-order valence-corrected chi connectivity index (χ0v) is 13.4. The van der Waals surface area contributed by atoms with Gasteiger partial charge >= 0.3 is 0 Å². The van der Waals surface area contributed by atoms with Crippen LogP contribution in [0.4, 0.5) is 11.5 Å². The number of rotatable bonds is 6. The minimum atomic E-state index is -0.763. The van der Waals surface area contributed by atoms with Gasteiger partial charge in [-0.1, -0.05) is 30.3 Å². The summed E-state index contributed by atoms with van der Waals surface area (Å²) in [6.07, 6.45) is 1.93. The maximum absolute atomic E-state index is 11.6. The first-order valence-electron chi connectivity index (χ1n) is 7.91. The highest BCUT2D eigenvalue weighted by atomic mass is 16.6. The molecule has 0 spiro atoms. The Hall–Kier alpha value is -3.00. The van der Waals surface area contributed by atoms with E-state index in [9.17, 15) is 14.9 Å². The lowest BCUT2D eigenvalue weighted by Gasteiger charge is -2.20. The molecule has 3 rings (SSSR count). The van der Waals surface area contributed by atoms with Gasteiger partial charge in [0.1, 0.15) is 12.0 Å². The van der Waals surface area contributed by atoms with Crippen LogP contribution in [0.3, 0.4) is 0 Å². The van der Waals surface area contributed by atoms with Crippen LogP contribution in [0.1, 0.15) is 28.4 Å². The number of pyridine rings is 1. The highest BCUT2D eigenvalue weighted by Gasteiger charge is 2.29. The zero-order chi connectivity index (χ0) is 17.8. The molecular weight excluding hydrogens is 324 g/mol. The van der Waals surface area contributed by atoms with Gasteiger partial charge in [0.05, 0.1) is 16.6 Å². The predicted octanol–water partition coefficient (Wildman–Crippen LogP) is 2.28. The fourth-order valence-corrected chi connectivity index (χ4v) is 2.96. The lowest BCUT2D eigenvalue weighted by Crippen LogP contribution is -2.21. The molecule has 1 aromatic heterocycles. The van der Waals surface area contributed by atoms with Gasteiger partial charge in [-0.3, -0.25) is 14.9 Å². The molecule has 2 unspecified atom stereocenters. The molecule has 3 N–H and O–H groups in total. The average molecular weight is 342 g/mol. The molecule has 130 valence electrons. The number of nitrogens with one attached hydrogen (secondary N) is 1. The van der Waals surface area contributed by atoms with Crippen LogP contribution in [0.5, 0.6) is 0 Å². The van der Waals surface area contributed by atoms with Crippen molar-refractivity contribution in [3.8, 4) is 0 Å². The first-order valence-corrected chi connectivity index (χ1v) is 7.91. The van der Waals surface area contributed by atoms with Crippen molar-refractivity contribution < 1.29 is 14.5 Å². The van der Waals surface area contributed by atoms with Crippen molar-refractivity contribution in [1.29, 1.82) is 0 Å². The van der Waals surface area contributed by atoms with Crippen molar-refractivity contribution in [1.82, 2.24) is 4.98 Å². The van der Waals surface area contributed by atoms with Crippen LogP contribution in [0, 0.1) is 16.0 Å².